The van der Waals surface area contributed by atoms with E-state index in [1.807, 2.05) is 0 Å². The van der Waals surface area contributed by atoms with Crippen LogP contribution in [0.2, 0.25) is 0 Å². The summed E-state index contributed by atoms with van der Waals surface area (Å²) in [5, 5.41) is 6.89. The highest BCUT2D eigenvalue weighted by Crippen LogP contribution is 1.96. The summed E-state index contributed by atoms with van der Waals surface area (Å²) in [6, 6.07) is 0. The van der Waals surface area contributed by atoms with Gasteiger partial charge in [0.05, 0.1) is 5.79 Å². The molecule has 0 radical (unpaired) electrons. The summed E-state index contributed by atoms with van der Waals surface area (Å²) in [6.07, 6.45) is 0. The number of hydrogen-bond donors (Lipinski definition) is 3. The predicted molar refractivity (Wildman–Crippen MR) is 62.6 cm³/mol. The van der Waals surface area contributed by atoms with E-state index in [2.05, 4.69) is 50.2 Å². The van der Waals surface area contributed by atoms with Crippen LogP contribution in [0.3, 0.4) is 0 Å². The first kappa shape index (κ1) is 13.1. The molecule has 0 bridgehead atoms. The highest BCUT2D eigenvalue weighted by molar-refractivity contribution is 6.34. The average Bonchev–Trinajstić information content (AvgIpc) is 2.00. The Morgan fingerprint density at radius 3 is 1.85 bits per heavy atom. The Hall–Kier alpha value is 0.0969. The van der Waals surface area contributed by atoms with E-state index in [0.29, 0.717) is 5.79 Å². The molecule has 0 saturated heterocycles. The Kier molecular flexibility index (Phi) is 6.58. The van der Waals surface area contributed by atoms with Gasteiger partial charge in [-0.25, -0.2) is 0 Å². The molecule has 0 aliphatic carbocycles. The van der Waals surface area contributed by atoms with E-state index in [9.17, 15) is 0 Å². The third-order valence-corrected chi connectivity index (χ3v) is 3.99. The Morgan fingerprint density at radius 1 is 1.08 bits per heavy atom. The Morgan fingerprint density at radius 2 is 1.54 bits per heavy atom. The standard InChI is InChI=1S/C9H25N3Si/c1-6-10-8(11-7-2)13-12-9(3,4)5/h8,10-12H,6-7,13H2,1-5H3. The van der Waals surface area contributed by atoms with Gasteiger partial charge in [-0.1, -0.05) is 13.8 Å². The van der Waals surface area contributed by atoms with Crippen molar-refractivity contribution in [3.8, 4) is 0 Å². The van der Waals surface area contributed by atoms with Gasteiger partial charge < -0.3 is 15.6 Å². The largest absolute Gasteiger partial charge is 0.335 e. The molecular weight excluding hydrogens is 178 g/mol. The van der Waals surface area contributed by atoms with Gasteiger partial charge in [0.2, 0.25) is 0 Å². The van der Waals surface area contributed by atoms with Gasteiger partial charge >= 0.3 is 0 Å². The molecule has 0 aliphatic heterocycles. The van der Waals surface area contributed by atoms with Gasteiger partial charge in [0.25, 0.3) is 0 Å². The summed E-state index contributed by atoms with van der Waals surface area (Å²) in [4.78, 5) is 3.61. The number of rotatable bonds is 6. The van der Waals surface area contributed by atoms with Crippen molar-refractivity contribution in [2.24, 2.45) is 0 Å². The van der Waals surface area contributed by atoms with Crippen molar-refractivity contribution in [2.75, 3.05) is 13.1 Å². The van der Waals surface area contributed by atoms with E-state index in [0.717, 1.165) is 13.1 Å². The molecule has 0 aliphatic rings. The van der Waals surface area contributed by atoms with E-state index in [4.69, 9.17) is 0 Å². The minimum atomic E-state index is -0.273. The quantitative estimate of drug-likeness (QED) is 0.419. The summed E-state index contributed by atoms with van der Waals surface area (Å²) in [7, 11) is -0.273. The topological polar surface area (TPSA) is 36.1 Å². The van der Waals surface area contributed by atoms with Gasteiger partial charge in [-0.15, -0.1) is 0 Å². The zero-order valence-corrected chi connectivity index (χ0v) is 11.1. The smallest absolute Gasteiger partial charge is 0.128 e. The second-order valence-corrected chi connectivity index (χ2v) is 5.88. The van der Waals surface area contributed by atoms with Gasteiger partial charge in [-0.2, -0.15) is 0 Å². The van der Waals surface area contributed by atoms with Crippen LogP contribution >= 0.6 is 0 Å². The fourth-order valence-corrected chi connectivity index (χ4v) is 2.80. The molecule has 0 aromatic heterocycles. The fourth-order valence-electron chi connectivity index (χ4n) is 1.12. The van der Waals surface area contributed by atoms with Gasteiger partial charge in [0.15, 0.2) is 0 Å². The minimum Gasteiger partial charge on any atom is -0.335 e. The van der Waals surface area contributed by atoms with Crippen LogP contribution in [0.4, 0.5) is 0 Å². The van der Waals surface area contributed by atoms with Crippen LogP contribution in [0.15, 0.2) is 0 Å². The molecule has 0 saturated carbocycles. The van der Waals surface area contributed by atoms with E-state index >= 15 is 0 Å². The minimum absolute atomic E-state index is 0.259. The van der Waals surface area contributed by atoms with Crippen molar-refractivity contribution in [3.05, 3.63) is 0 Å². The molecule has 0 fully saturated rings. The van der Waals surface area contributed by atoms with Gasteiger partial charge in [0.1, 0.15) is 9.68 Å². The third-order valence-electron chi connectivity index (χ3n) is 1.74. The fraction of sp³-hybridized carbons (Fsp3) is 1.00. The molecule has 0 atom stereocenters. The second kappa shape index (κ2) is 6.54. The van der Waals surface area contributed by atoms with Crippen LogP contribution in [0.25, 0.3) is 0 Å². The number of nitrogens with one attached hydrogen (secondary N) is 3. The molecule has 4 heteroatoms. The molecule has 0 spiro atoms. The van der Waals surface area contributed by atoms with Gasteiger partial charge in [-0.05, 0) is 33.9 Å². The van der Waals surface area contributed by atoms with Crippen LogP contribution in [0, 0.1) is 0 Å². The first-order valence-corrected chi connectivity index (χ1v) is 6.73. The highest BCUT2D eigenvalue weighted by Gasteiger charge is 2.12. The molecule has 0 rings (SSSR count). The second-order valence-electron chi connectivity index (χ2n) is 4.30. The van der Waals surface area contributed by atoms with Crippen LogP contribution in [-0.2, 0) is 0 Å². The maximum absolute atomic E-state index is 3.61. The molecule has 80 valence electrons. The predicted octanol–water partition coefficient (Wildman–Crippen LogP) is -0.0391. The lowest BCUT2D eigenvalue weighted by atomic mass is 10.1. The Labute approximate surface area is 85.0 Å². The van der Waals surface area contributed by atoms with Crippen molar-refractivity contribution in [1.29, 1.82) is 0 Å². The van der Waals surface area contributed by atoms with Crippen molar-refractivity contribution < 1.29 is 0 Å². The van der Waals surface area contributed by atoms with E-state index in [1.165, 1.54) is 0 Å². The maximum Gasteiger partial charge on any atom is 0.128 e. The monoisotopic (exact) mass is 203 g/mol. The molecule has 0 unspecified atom stereocenters. The zero-order valence-electron chi connectivity index (χ0n) is 9.70. The SMILES string of the molecule is CCNC(NCC)[SiH2]NC(C)(C)C. The maximum atomic E-state index is 3.61. The Bertz CT molecular complexity index is 117. The lowest BCUT2D eigenvalue weighted by molar-refractivity contribution is 0.495. The summed E-state index contributed by atoms with van der Waals surface area (Å²) < 4.78 is 0. The summed E-state index contributed by atoms with van der Waals surface area (Å²) >= 11 is 0. The normalized spacial score (nSPS) is 13.4. The lowest BCUT2D eigenvalue weighted by Gasteiger charge is -2.25. The number of hydrogen-bond acceptors (Lipinski definition) is 3. The average molecular weight is 203 g/mol. The van der Waals surface area contributed by atoms with E-state index < -0.39 is 0 Å². The molecule has 0 heterocycles. The summed E-state index contributed by atoms with van der Waals surface area (Å²) in [5.41, 5.74) is 0.259. The third kappa shape index (κ3) is 8.43. The molecule has 3 N–H and O–H groups in total. The van der Waals surface area contributed by atoms with E-state index in [1.54, 1.807) is 0 Å². The van der Waals surface area contributed by atoms with Crippen molar-refractivity contribution in [3.63, 3.8) is 0 Å². The zero-order chi connectivity index (χ0) is 10.3. The van der Waals surface area contributed by atoms with Crippen LogP contribution in [-0.4, -0.2) is 34.1 Å². The summed E-state index contributed by atoms with van der Waals surface area (Å²) in [5.74, 6) is 0.522. The van der Waals surface area contributed by atoms with Gasteiger partial charge in [0, 0.05) is 5.54 Å². The molecular formula is C9H25N3Si. The Balaban J connectivity index is 3.68. The van der Waals surface area contributed by atoms with Crippen molar-refractivity contribution in [1.82, 2.24) is 15.6 Å². The molecule has 0 aromatic carbocycles. The van der Waals surface area contributed by atoms with Crippen molar-refractivity contribution in [2.45, 2.75) is 45.9 Å². The van der Waals surface area contributed by atoms with Crippen LogP contribution < -0.4 is 15.6 Å². The van der Waals surface area contributed by atoms with Crippen LogP contribution in [0.5, 0.6) is 0 Å². The first-order chi connectivity index (χ1) is 5.99. The van der Waals surface area contributed by atoms with Crippen molar-refractivity contribution >= 4 is 9.68 Å². The van der Waals surface area contributed by atoms with Crippen LogP contribution in [0.1, 0.15) is 34.6 Å². The molecule has 13 heavy (non-hydrogen) atoms. The highest BCUT2D eigenvalue weighted by atomic mass is 28.2. The first-order valence-electron chi connectivity index (χ1n) is 5.21. The summed E-state index contributed by atoms with van der Waals surface area (Å²) in [6.45, 7) is 13.0. The molecule has 0 amide bonds. The van der Waals surface area contributed by atoms with E-state index in [-0.39, 0.29) is 15.2 Å². The molecule has 3 nitrogen and oxygen atoms in total. The lowest BCUT2D eigenvalue weighted by Crippen LogP contribution is -2.55. The molecule has 0 aromatic rings. The van der Waals surface area contributed by atoms with Gasteiger partial charge in [-0.3, -0.25) is 0 Å².